The number of carboxylic acid groups (broad SMARTS) is 1. The van der Waals surface area contributed by atoms with Gasteiger partial charge in [0.2, 0.25) is 0 Å². The number of aliphatic carboxylic acids is 1. The van der Waals surface area contributed by atoms with Crippen LogP contribution >= 0.6 is 0 Å². The normalized spacial score (nSPS) is 19.9. The molecule has 1 N–H and O–H groups in total. The number of nitrogens with zero attached hydrogens (tertiary/aromatic N) is 1. The van der Waals surface area contributed by atoms with Crippen molar-refractivity contribution in [3.05, 3.63) is 29.8 Å². The lowest BCUT2D eigenvalue weighted by Gasteiger charge is -2.30. The van der Waals surface area contributed by atoms with Gasteiger partial charge in [-0.25, -0.2) is 0 Å². The van der Waals surface area contributed by atoms with Crippen LogP contribution in [0.25, 0.3) is 0 Å². The fraction of sp³-hybridized carbons (Fsp3) is 0.273. The van der Waals surface area contributed by atoms with Crippen molar-refractivity contribution < 1.29 is 14.7 Å². The minimum atomic E-state index is -1.05. The van der Waals surface area contributed by atoms with E-state index in [-0.39, 0.29) is 12.3 Å². The first-order valence-corrected chi connectivity index (χ1v) is 4.68. The summed E-state index contributed by atoms with van der Waals surface area (Å²) >= 11 is 0. The van der Waals surface area contributed by atoms with E-state index in [0.717, 1.165) is 5.69 Å². The van der Waals surface area contributed by atoms with Gasteiger partial charge in [0.15, 0.2) is 5.78 Å². The maximum Gasteiger partial charge on any atom is 0.316 e. The first-order valence-electron chi connectivity index (χ1n) is 4.68. The van der Waals surface area contributed by atoms with E-state index in [1.54, 1.807) is 24.1 Å². The quantitative estimate of drug-likeness (QED) is 0.695. The van der Waals surface area contributed by atoms with Crippen molar-refractivity contribution in [3.63, 3.8) is 0 Å². The fourth-order valence-corrected chi connectivity index (χ4v) is 1.85. The zero-order valence-corrected chi connectivity index (χ0v) is 8.30. The molecule has 78 valence electrons. The minimum absolute atomic E-state index is 0.241. The van der Waals surface area contributed by atoms with Gasteiger partial charge in [-0.1, -0.05) is 12.1 Å². The van der Waals surface area contributed by atoms with Crippen molar-refractivity contribution in [2.45, 2.75) is 0 Å². The Morgan fingerprint density at radius 1 is 1.47 bits per heavy atom. The number of para-hydroxylation sites is 1. The van der Waals surface area contributed by atoms with Crippen molar-refractivity contribution in [3.8, 4) is 0 Å². The Morgan fingerprint density at radius 3 is 2.80 bits per heavy atom. The molecular formula is C11H11NO3. The molecule has 0 saturated heterocycles. The van der Waals surface area contributed by atoms with E-state index in [2.05, 4.69) is 0 Å². The molecule has 15 heavy (non-hydrogen) atoms. The molecule has 1 unspecified atom stereocenters. The number of hydrogen-bond donors (Lipinski definition) is 1. The molecule has 4 nitrogen and oxygen atoms in total. The number of carbonyl (C=O) groups excluding carboxylic acids is 1. The Bertz CT molecular complexity index is 428. The van der Waals surface area contributed by atoms with Crippen molar-refractivity contribution >= 4 is 17.4 Å². The lowest BCUT2D eigenvalue weighted by molar-refractivity contribution is -0.139. The molecule has 4 heteroatoms. The van der Waals surface area contributed by atoms with Crippen LogP contribution in [0.3, 0.4) is 0 Å². The number of hydrogen-bond acceptors (Lipinski definition) is 3. The highest BCUT2D eigenvalue weighted by atomic mass is 16.4. The molecular weight excluding hydrogens is 194 g/mol. The number of Topliss-reactive ketones (excluding diaryl/α,β-unsaturated/α-hetero) is 1. The van der Waals surface area contributed by atoms with Crippen LogP contribution in [0.2, 0.25) is 0 Å². The summed E-state index contributed by atoms with van der Waals surface area (Å²) in [5.41, 5.74) is 1.30. The molecule has 1 aliphatic rings. The van der Waals surface area contributed by atoms with Gasteiger partial charge in [-0.2, -0.15) is 0 Å². The molecule has 0 saturated carbocycles. The zero-order chi connectivity index (χ0) is 11.0. The third-order valence-corrected chi connectivity index (χ3v) is 2.65. The van der Waals surface area contributed by atoms with Crippen LogP contribution in [0.15, 0.2) is 24.3 Å². The number of rotatable bonds is 1. The molecule has 2 rings (SSSR count). The van der Waals surface area contributed by atoms with Crippen LogP contribution in [0.4, 0.5) is 5.69 Å². The van der Waals surface area contributed by atoms with E-state index in [0.29, 0.717) is 5.56 Å². The maximum absolute atomic E-state index is 11.8. The average molecular weight is 205 g/mol. The summed E-state index contributed by atoms with van der Waals surface area (Å²) in [6, 6.07) is 7.08. The first-order chi connectivity index (χ1) is 7.11. The molecule has 1 aromatic carbocycles. The lowest BCUT2D eigenvalue weighted by Crippen LogP contribution is -2.40. The molecule has 1 aliphatic heterocycles. The number of carboxylic acids is 1. The summed E-state index contributed by atoms with van der Waals surface area (Å²) in [7, 11) is 1.79. The van der Waals surface area contributed by atoms with Crippen molar-refractivity contribution in [2.75, 3.05) is 18.5 Å². The standard InChI is InChI=1S/C11H11NO3/c1-12-6-8(11(14)15)10(13)7-4-2-3-5-9(7)12/h2-5,8H,6H2,1H3,(H,14,15). The van der Waals surface area contributed by atoms with Crippen LogP contribution in [0, 0.1) is 5.92 Å². The maximum atomic E-state index is 11.8. The van der Waals surface area contributed by atoms with Gasteiger partial charge in [0.1, 0.15) is 5.92 Å². The van der Waals surface area contributed by atoms with Crippen LogP contribution < -0.4 is 4.90 Å². The number of benzene rings is 1. The second-order valence-corrected chi connectivity index (χ2v) is 3.65. The number of ketones is 1. The van der Waals surface area contributed by atoms with Gasteiger partial charge in [-0.05, 0) is 12.1 Å². The molecule has 0 aromatic heterocycles. The molecule has 0 aliphatic carbocycles. The second-order valence-electron chi connectivity index (χ2n) is 3.65. The predicted octanol–water partition coefficient (Wildman–Crippen LogP) is 1.02. The molecule has 0 radical (unpaired) electrons. The number of anilines is 1. The van der Waals surface area contributed by atoms with E-state index in [9.17, 15) is 9.59 Å². The van der Waals surface area contributed by atoms with Gasteiger partial charge in [0, 0.05) is 24.8 Å². The lowest BCUT2D eigenvalue weighted by atomic mass is 9.91. The SMILES string of the molecule is CN1CC(C(=O)O)C(=O)c2ccccc21. The molecule has 1 atom stereocenters. The summed E-state index contributed by atoms with van der Waals surface area (Å²) in [5.74, 6) is -2.29. The number of fused-ring (bicyclic) bond motifs is 1. The Kier molecular flexibility index (Phi) is 2.19. The summed E-state index contributed by atoms with van der Waals surface area (Å²) in [5, 5.41) is 8.90. The van der Waals surface area contributed by atoms with E-state index in [1.807, 2.05) is 12.1 Å². The highest BCUT2D eigenvalue weighted by molar-refractivity contribution is 6.13. The largest absolute Gasteiger partial charge is 0.481 e. The Labute approximate surface area is 87.1 Å². The predicted molar refractivity (Wildman–Crippen MR) is 55.2 cm³/mol. The molecule has 0 spiro atoms. The van der Waals surface area contributed by atoms with Crippen molar-refractivity contribution in [1.29, 1.82) is 0 Å². The smallest absolute Gasteiger partial charge is 0.316 e. The van der Waals surface area contributed by atoms with E-state index in [4.69, 9.17) is 5.11 Å². The third kappa shape index (κ3) is 1.48. The monoisotopic (exact) mass is 205 g/mol. The number of carbonyl (C=O) groups is 2. The molecule has 1 heterocycles. The summed E-state index contributed by atoms with van der Waals surface area (Å²) in [6.45, 7) is 0.241. The minimum Gasteiger partial charge on any atom is -0.481 e. The van der Waals surface area contributed by atoms with Gasteiger partial charge >= 0.3 is 5.97 Å². The van der Waals surface area contributed by atoms with Gasteiger partial charge in [0.25, 0.3) is 0 Å². The van der Waals surface area contributed by atoms with E-state index >= 15 is 0 Å². The summed E-state index contributed by atoms with van der Waals surface area (Å²) < 4.78 is 0. The van der Waals surface area contributed by atoms with Crippen LogP contribution in [0.5, 0.6) is 0 Å². The Morgan fingerprint density at radius 2 is 2.13 bits per heavy atom. The topological polar surface area (TPSA) is 57.6 Å². The highest BCUT2D eigenvalue weighted by Crippen LogP contribution is 2.28. The van der Waals surface area contributed by atoms with Gasteiger partial charge in [-0.15, -0.1) is 0 Å². The van der Waals surface area contributed by atoms with Crippen LogP contribution in [0.1, 0.15) is 10.4 Å². The fourth-order valence-electron chi connectivity index (χ4n) is 1.85. The summed E-state index contributed by atoms with van der Waals surface area (Å²) in [4.78, 5) is 24.5. The highest BCUT2D eigenvalue weighted by Gasteiger charge is 2.34. The van der Waals surface area contributed by atoms with E-state index in [1.165, 1.54) is 0 Å². The average Bonchev–Trinajstić information content (AvgIpc) is 2.23. The zero-order valence-electron chi connectivity index (χ0n) is 8.30. The molecule has 0 fully saturated rings. The van der Waals surface area contributed by atoms with Crippen LogP contribution in [-0.2, 0) is 4.79 Å². The molecule has 1 aromatic rings. The molecule has 0 bridgehead atoms. The van der Waals surface area contributed by atoms with Crippen molar-refractivity contribution in [1.82, 2.24) is 0 Å². The van der Waals surface area contributed by atoms with Gasteiger partial charge < -0.3 is 10.0 Å². The van der Waals surface area contributed by atoms with Gasteiger partial charge in [-0.3, -0.25) is 9.59 Å². The Hall–Kier alpha value is -1.84. The third-order valence-electron chi connectivity index (χ3n) is 2.65. The van der Waals surface area contributed by atoms with E-state index < -0.39 is 11.9 Å². The molecule has 0 amide bonds. The van der Waals surface area contributed by atoms with Crippen molar-refractivity contribution in [2.24, 2.45) is 5.92 Å². The Balaban J connectivity index is 2.49. The second kappa shape index (κ2) is 3.38. The van der Waals surface area contributed by atoms with Gasteiger partial charge in [0.05, 0.1) is 0 Å². The first kappa shape index (κ1) is 9.71. The summed E-state index contributed by atoms with van der Waals surface area (Å²) in [6.07, 6.45) is 0. The van der Waals surface area contributed by atoms with Crippen LogP contribution in [-0.4, -0.2) is 30.5 Å².